The van der Waals surface area contributed by atoms with Crippen LogP contribution in [-0.2, 0) is 14.4 Å². The van der Waals surface area contributed by atoms with Crippen molar-refractivity contribution in [2.24, 2.45) is 11.7 Å². The molecule has 2 aliphatic carbocycles. The molecule has 1 aliphatic heterocycles. The number of aldehydes is 1. The fourth-order valence-electron chi connectivity index (χ4n) is 4.35. The molecule has 1 heterocycles. The van der Waals surface area contributed by atoms with Crippen LogP contribution in [0.15, 0.2) is 22.8 Å². The van der Waals surface area contributed by atoms with Crippen molar-refractivity contribution in [2.45, 2.75) is 69.5 Å². The fraction of sp³-hybridized carbons (Fsp3) is 0.650. The van der Waals surface area contributed by atoms with Gasteiger partial charge in [0.1, 0.15) is 12.3 Å². The minimum absolute atomic E-state index is 0.0947. The molecule has 3 atom stereocenters. The zero-order valence-corrected chi connectivity index (χ0v) is 16.3. The number of carbonyl (C=O) groups excluding carboxylic acids is 3. The van der Waals surface area contributed by atoms with Crippen LogP contribution in [0.2, 0.25) is 0 Å². The molecule has 3 rings (SSSR count). The number of hydrogen-bond acceptors (Lipinski definition) is 4. The average Bonchev–Trinajstić information content (AvgIpc) is 3.15. The molecule has 6 nitrogen and oxygen atoms in total. The summed E-state index contributed by atoms with van der Waals surface area (Å²) in [6.07, 6.45) is 11.2. The van der Waals surface area contributed by atoms with Gasteiger partial charge in [0.2, 0.25) is 5.91 Å². The van der Waals surface area contributed by atoms with Gasteiger partial charge in [-0.25, -0.2) is 0 Å². The van der Waals surface area contributed by atoms with Crippen LogP contribution in [-0.4, -0.2) is 47.7 Å². The van der Waals surface area contributed by atoms with Crippen LogP contribution < -0.4 is 11.1 Å². The Morgan fingerprint density at radius 2 is 1.96 bits per heavy atom. The van der Waals surface area contributed by atoms with Gasteiger partial charge in [-0.05, 0) is 31.6 Å². The quantitative estimate of drug-likeness (QED) is 0.699. The van der Waals surface area contributed by atoms with Crippen molar-refractivity contribution in [1.29, 1.82) is 0 Å². The van der Waals surface area contributed by atoms with E-state index in [-0.39, 0.29) is 29.8 Å². The zero-order chi connectivity index (χ0) is 19.4. The van der Waals surface area contributed by atoms with Gasteiger partial charge in [0, 0.05) is 24.0 Å². The average molecular weight is 394 g/mol. The predicted octanol–water partition coefficient (Wildman–Crippen LogP) is 2.02. The number of carbonyl (C=O) groups is 3. The van der Waals surface area contributed by atoms with Gasteiger partial charge < -0.3 is 20.7 Å². The maximum atomic E-state index is 13.2. The van der Waals surface area contributed by atoms with E-state index < -0.39 is 6.04 Å². The first-order valence-electron chi connectivity index (χ1n) is 9.90. The Labute approximate surface area is 165 Å². The number of nitrogens with zero attached hydrogens (tertiary/aromatic N) is 1. The summed E-state index contributed by atoms with van der Waals surface area (Å²) >= 11 is 6.24. The molecule has 0 radical (unpaired) electrons. The summed E-state index contributed by atoms with van der Waals surface area (Å²) < 4.78 is 0. The molecule has 0 aromatic rings. The first-order valence-corrected chi connectivity index (χ1v) is 10.3. The highest BCUT2D eigenvalue weighted by Gasteiger charge is 2.38. The molecule has 2 amide bonds. The molecule has 3 N–H and O–H groups in total. The number of likely N-dealkylation sites (tertiary alicyclic amines) is 1. The molecule has 148 valence electrons. The molecule has 1 saturated carbocycles. The lowest BCUT2D eigenvalue weighted by molar-refractivity contribution is -0.140. The minimum atomic E-state index is -0.612. The van der Waals surface area contributed by atoms with Gasteiger partial charge >= 0.3 is 0 Å². The summed E-state index contributed by atoms with van der Waals surface area (Å²) in [6.45, 7) is 0.569. The van der Waals surface area contributed by atoms with Crippen LogP contribution in [0.5, 0.6) is 0 Å². The summed E-state index contributed by atoms with van der Waals surface area (Å²) in [6, 6.07) is -1.18. The number of amides is 2. The summed E-state index contributed by atoms with van der Waals surface area (Å²) in [7, 11) is 0. The third-order valence-electron chi connectivity index (χ3n) is 5.88. The Bertz CT molecular complexity index is 655. The molecular formula is C20H28ClN3O3. The lowest BCUT2D eigenvalue weighted by atomic mass is 9.83. The topological polar surface area (TPSA) is 92.5 Å². The molecule has 0 bridgehead atoms. The van der Waals surface area contributed by atoms with Crippen LogP contribution in [0, 0.1) is 5.92 Å². The SMILES string of the molecule is NC1C=CC(C(=O)N[C@H](C(=O)N2CCC[C@H]2C=O)C2CCCCC2)=C(Cl)C1. The zero-order valence-electron chi connectivity index (χ0n) is 15.5. The minimum Gasteiger partial charge on any atom is -0.340 e. The summed E-state index contributed by atoms with van der Waals surface area (Å²) in [5.41, 5.74) is 6.21. The summed E-state index contributed by atoms with van der Waals surface area (Å²) in [5, 5.41) is 3.36. The fourth-order valence-corrected chi connectivity index (χ4v) is 4.67. The van der Waals surface area contributed by atoms with E-state index in [0.29, 0.717) is 30.0 Å². The molecular weight excluding hydrogens is 366 g/mol. The highest BCUT2D eigenvalue weighted by atomic mass is 35.5. The second-order valence-corrected chi connectivity index (χ2v) is 8.23. The van der Waals surface area contributed by atoms with E-state index >= 15 is 0 Å². The summed E-state index contributed by atoms with van der Waals surface area (Å²) in [5.74, 6) is -0.385. The standard InChI is InChI=1S/C20H28ClN3O3/c21-17-11-14(22)8-9-16(17)19(26)23-18(13-5-2-1-3-6-13)20(27)24-10-4-7-15(24)12-25/h8-9,12-15,18H,1-7,10-11,22H2,(H,23,26)/t14?,15-,18-/m0/s1. The van der Waals surface area contributed by atoms with Crippen molar-refractivity contribution in [3.8, 4) is 0 Å². The second-order valence-electron chi connectivity index (χ2n) is 7.77. The van der Waals surface area contributed by atoms with Gasteiger partial charge in [-0.15, -0.1) is 0 Å². The van der Waals surface area contributed by atoms with Gasteiger partial charge in [0.05, 0.1) is 11.6 Å². The molecule has 1 unspecified atom stereocenters. The van der Waals surface area contributed by atoms with Crippen LogP contribution in [0.3, 0.4) is 0 Å². The Balaban J connectivity index is 1.79. The van der Waals surface area contributed by atoms with Gasteiger partial charge in [0.15, 0.2) is 0 Å². The number of nitrogens with two attached hydrogens (primary N) is 1. The third-order valence-corrected chi connectivity index (χ3v) is 6.23. The van der Waals surface area contributed by atoms with Crippen molar-refractivity contribution in [3.63, 3.8) is 0 Å². The van der Waals surface area contributed by atoms with Crippen molar-refractivity contribution < 1.29 is 14.4 Å². The van der Waals surface area contributed by atoms with Crippen LogP contribution in [0.4, 0.5) is 0 Å². The van der Waals surface area contributed by atoms with Gasteiger partial charge in [-0.2, -0.15) is 0 Å². The smallest absolute Gasteiger partial charge is 0.253 e. The van der Waals surface area contributed by atoms with E-state index in [9.17, 15) is 14.4 Å². The van der Waals surface area contributed by atoms with Crippen LogP contribution in [0.1, 0.15) is 51.4 Å². The molecule has 0 spiro atoms. The third kappa shape index (κ3) is 4.61. The van der Waals surface area contributed by atoms with E-state index in [1.165, 1.54) is 0 Å². The normalized spacial score (nSPS) is 27.6. The van der Waals surface area contributed by atoms with Crippen molar-refractivity contribution in [2.75, 3.05) is 6.54 Å². The predicted molar refractivity (Wildman–Crippen MR) is 104 cm³/mol. The first-order chi connectivity index (χ1) is 13.0. The Morgan fingerprint density at radius 3 is 2.63 bits per heavy atom. The van der Waals surface area contributed by atoms with Gasteiger partial charge in [-0.1, -0.05) is 43.0 Å². The van der Waals surface area contributed by atoms with Crippen molar-refractivity contribution in [1.82, 2.24) is 10.2 Å². The highest BCUT2D eigenvalue weighted by molar-refractivity contribution is 6.32. The van der Waals surface area contributed by atoms with E-state index in [0.717, 1.165) is 44.8 Å². The Hall–Kier alpha value is -1.66. The lowest BCUT2D eigenvalue weighted by Crippen LogP contribution is -2.54. The number of hydrogen-bond donors (Lipinski definition) is 2. The Kier molecular flexibility index (Phi) is 6.71. The van der Waals surface area contributed by atoms with E-state index in [4.69, 9.17) is 17.3 Å². The number of nitrogens with one attached hydrogen (secondary N) is 1. The van der Waals surface area contributed by atoms with Gasteiger partial charge in [0.25, 0.3) is 5.91 Å². The largest absolute Gasteiger partial charge is 0.340 e. The molecule has 2 fully saturated rings. The highest BCUT2D eigenvalue weighted by Crippen LogP contribution is 2.30. The molecule has 3 aliphatic rings. The van der Waals surface area contributed by atoms with Crippen LogP contribution in [0.25, 0.3) is 0 Å². The molecule has 1 saturated heterocycles. The second kappa shape index (κ2) is 9.02. The van der Waals surface area contributed by atoms with Crippen molar-refractivity contribution in [3.05, 3.63) is 22.8 Å². The van der Waals surface area contributed by atoms with E-state index in [1.807, 2.05) is 0 Å². The van der Waals surface area contributed by atoms with E-state index in [2.05, 4.69) is 5.32 Å². The maximum Gasteiger partial charge on any atom is 0.253 e. The van der Waals surface area contributed by atoms with Crippen molar-refractivity contribution >= 4 is 29.7 Å². The molecule has 27 heavy (non-hydrogen) atoms. The molecule has 0 aromatic carbocycles. The maximum absolute atomic E-state index is 13.2. The Morgan fingerprint density at radius 1 is 1.22 bits per heavy atom. The van der Waals surface area contributed by atoms with Crippen LogP contribution >= 0.6 is 11.6 Å². The van der Waals surface area contributed by atoms with Gasteiger partial charge in [-0.3, -0.25) is 9.59 Å². The molecule has 0 aromatic heterocycles. The monoisotopic (exact) mass is 393 g/mol. The summed E-state index contributed by atoms with van der Waals surface area (Å²) in [4.78, 5) is 39.1. The molecule has 7 heteroatoms. The number of halogens is 1. The lowest BCUT2D eigenvalue weighted by Gasteiger charge is -2.34. The first kappa shape index (κ1) is 20.1. The van der Waals surface area contributed by atoms with E-state index in [1.54, 1.807) is 17.1 Å². The number of rotatable bonds is 5.